The lowest BCUT2D eigenvalue weighted by molar-refractivity contribution is -0.128. The van der Waals surface area contributed by atoms with Gasteiger partial charge in [-0.1, -0.05) is 13.8 Å². The van der Waals surface area contributed by atoms with Crippen LogP contribution in [0.25, 0.3) is 0 Å². The molecule has 0 radical (unpaired) electrons. The van der Waals surface area contributed by atoms with Crippen LogP contribution in [0.1, 0.15) is 69.9 Å². The summed E-state index contributed by atoms with van der Waals surface area (Å²) in [6.45, 7) is 6.10. The van der Waals surface area contributed by atoms with Gasteiger partial charge in [0.25, 0.3) is 5.91 Å². The first kappa shape index (κ1) is 18.6. The Bertz CT molecular complexity index is 659. The van der Waals surface area contributed by atoms with Gasteiger partial charge in [-0.3, -0.25) is 9.59 Å². The summed E-state index contributed by atoms with van der Waals surface area (Å²) in [6.07, 6.45) is 9.42. The maximum Gasteiger partial charge on any atom is 0.287 e. The number of hydrogen-bond donors (Lipinski definition) is 2. The van der Waals surface area contributed by atoms with Crippen LogP contribution in [0.3, 0.4) is 0 Å². The van der Waals surface area contributed by atoms with Gasteiger partial charge in [0.15, 0.2) is 5.76 Å². The van der Waals surface area contributed by atoms with Crippen molar-refractivity contribution in [3.63, 3.8) is 0 Å². The van der Waals surface area contributed by atoms with E-state index in [2.05, 4.69) is 17.6 Å². The van der Waals surface area contributed by atoms with Gasteiger partial charge in [-0.15, -0.1) is 0 Å². The third-order valence-corrected chi connectivity index (χ3v) is 7.34. The molecule has 0 aromatic carbocycles. The van der Waals surface area contributed by atoms with Crippen molar-refractivity contribution in [1.82, 2.24) is 10.6 Å². The fourth-order valence-electron chi connectivity index (χ4n) is 6.32. The van der Waals surface area contributed by atoms with Gasteiger partial charge in [0.2, 0.25) is 5.91 Å². The molecule has 4 fully saturated rings. The van der Waals surface area contributed by atoms with Crippen molar-refractivity contribution in [2.75, 3.05) is 0 Å². The van der Waals surface area contributed by atoms with Crippen molar-refractivity contribution >= 4 is 11.8 Å². The summed E-state index contributed by atoms with van der Waals surface area (Å²) < 4.78 is 5.16. The molecule has 0 spiro atoms. The summed E-state index contributed by atoms with van der Waals surface area (Å²) in [7, 11) is 0. The summed E-state index contributed by atoms with van der Waals surface area (Å²) in [5.41, 5.74) is 0.261. The maximum absolute atomic E-state index is 13.0. The average Bonchev–Trinajstić information content (AvgIpc) is 3.12. The summed E-state index contributed by atoms with van der Waals surface area (Å²) >= 11 is 0. The highest BCUT2D eigenvalue weighted by Crippen LogP contribution is 2.61. The van der Waals surface area contributed by atoms with E-state index in [0.29, 0.717) is 0 Å². The van der Waals surface area contributed by atoms with Crippen LogP contribution in [0.4, 0.5) is 0 Å². The van der Waals surface area contributed by atoms with Crippen molar-refractivity contribution in [1.29, 1.82) is 0 Å². The van der Waals surface area contributed by atoms with Crippen molar-refractivity contribution in [3.8, 4) is 0 Å². The molecule has 4 aliphatic carbocycles. The molecule has 1 aromatic heterocycles. The number of hydrogen-bond acceptors (Lipinski definition) is 3. The third-order valence-electron chi connectivity index (χ3n) is 7.34. The fourth-order valence-corrected chi connectivity index (χ4v) is 6.32. The molecule has 148 valence electrons. The van der Waals surface area contributed by atoms with E-state index < -0.39 is 6.04 Å². The molecule has 1 aromatic rings. The minimum Gasteiger partial charge on any atom is -0.459 e. The monoisotopic (exact) mass is 372 g/mol. The van der Waals surface area contributed by atoms with Crippen LogP contribution in [0.15, 0.2) is 22.8 Å². The van der Waals surface area contributed by atoms with Gasteiger partial charge in [0.05, 0.1) is 6.26 Å². The number of furan rings is 1. The maximum atomic E-state index is 13.0. The highest BCUT2D eigenvalue weighted by molar-refractivity contribution is 5.95. The van der Waals surface area contributed by atoms with Gasteiger partial charge in [-0.05, 0) is 86.7 Å². The highest BCUT2D eigenvalue weighted by atomic mass is 16.3. The molecule has 2 amide bonds. The Morgan fingerprint density at radius 3 is 2.11 bits per heavy atom. The standard InChI is InChI=1S/C22H32N2O3/c1-13(2)19(24-20(25)18-5-4-6-27-18)21(26)23-14(3)22-10-15-7-16(11-22)9-17(8-15)12-22/h4-6,13-17,19H,7-12H2,1-3H3,(H,23,26)(H,24,25)/t14-,15?,16?,17?,19+,22?/m1/s1. The number of nitrogens with one attached hydrogen (secondary N) is 2. The average molecular weight is 373 g/mol. The Morgan fingerprint density at radius 2 is 1.63 bits per heavy atom. The normalized spacial score (nSPS) is 33.7. The summed E-state index contributed by atoms with van der Waals surface area (Å²) in [6, 6.07) is 2.89. The van der Waals surface area contributed by atoms with Gasteiger partial charge < -0.3 is 15.1 Å². The van der Waals surface area contributed by atoms with Gasteiger partial charge >= 0.3 is 0 Å². The Kier molecular flexibility index (Phi) is 4.81. The molecule has 0 aliphatic heterocycles. The second-order valence-corrected chi connectivity index (χ2v) is 9.68. The minimum absolute atomic E-state index is 0.00692. The molecule has 1 heterocycles. The lowest BCUT2D eigenvalue weighted by atomic mass is 9.48. The SMILES string of the molecule is CC(C)[C@H](NC(=O)c1ccco1)C(=O)N[C@H](C)C12CC3CC(CC(C3)C1)C2. The first-order chi connectivity index (χ1) is 12.9. The Hall–Kier alpha value is -1.78. The fraction of sp³-hybridized carbons (Fsp3) is 0.727. The number of amides is 2. The summed E-state index contributed by atoms with van der Waals surface area (Å²) in [4.78, 5) is 25.4. The van der Waals surface area contributed by atoms with Gasteiger partial charge in [-0.25, -0.2) is 0 Å². The number of rotatable bonds is 6. The topological polar surface area (TPSA) is 71.3 Å². The molecule has 5 rings (SSSR count). The van der Waals surface area contributed by atoms with E-state index in [1.807, 2.05) is 13.8 Å². The molecule has 0 unspecified atom stereocenters. The van der Waals surface area contributed by atoms with Crippen LogP contribution < -0.4 is 10.6 Å². The van der Waals surface area contributed by atoms with Crippen LogP contribution >= 0.6 is 0 Å². The van der Waals surface area contributed by atoms with Crippen LogP contribution in [0.2, 0.25) is 0 Å². The molecular formula is C22H32N2O3. The van der Waals surface area contributed by atoms with Crippen molar-refractivity contribution < 1.29 is 14.0 Å². The molecule has 2 N–H and O–H groups in total. The summed E-state index contributed by atoms with van der Waals surface area (Å²) in [5.74, 6) is 2.40. The summed E-state index contributed by atoms with van der Waals surface area (Å²) in [5, 5.41) is 6.14. The lowest BCUT2D eigenvalue weighted by Gasteiger charge is -2.59. The Labute approximate surface area is 161 Å². The van der Waals surface area contributed by atoms with Crippen LogP contribution in [0.5, 0.6) is 0 Å². The Morgan fingerprint density at radius 1 is 1.04 bits per heavy atom. The minimum atomic E-state index is -0.557. The molecule has 27 heavy (non-hydrogen) atoms. The smallest absolute Gasteiger partial charge is 0.287 e. The molecule has 0 saturated heterocycles. The van der Waals surface area contributed by atoms with Crippen LogP contribution in [-0.2, 0) is 4.79 Å². The zero-order chi connectivity index (χ0) is 19.2. The predicted octanol–water partition coefficient (Wildman–Crippen LogP) is 3.76. The van der Waals surface area contributed by atoms with E-state index >= 15 is 0 Å². The van der Waals surface area contributed by atoms with E-state index in [9.17, 15) is 9.59 Å². The van der Waals surface area contributed by atoms with E-state index in [0.717, 1.165) is 17.8 Å². The van der Waals surface area contributed by atoms with Gasteiger partial charge in [0.1, 0.15) is 6.04 Å². The Balaban J connectivity index is 1.42. The zero-order valence-corrected chi connectivity index (χ0v) is 16.7. The van der Waals surface area contributed by atoms with Crippen molar-refractivity contribution in [3.05, 3.63) is 24.2 Å². The molecule has 4 saturated carbocycles. The number of carbonyl (C=O) groups excluding carboxylic acids is 2. The first-order valence-electron chi connectivity index (χ1n) is 10.5. The second-order valence-electron chi connectivity index (χ2n) is 9.68. The first-order valence-corrected chi connectivity index (χ1v) is 10.5. The van der Waals surface area contributed by atoms with E-state index in [1.54, 1.807) is 12.1 Å². The van der Waals surface area contributed by atoms with Crippen LogP contribution in [0, 0.1) is 29.1 Å². The molecule has 4 bridgehead atoms. The van der Waals surface area contributed by atoms with Gasteiger partial charge in [0, 0.05) is 6.04 Å². The van der Waals surface area contributed by atoms with Crippen molar-refractivity contribution in [2.45, 2.75) is 71.4 Å². The largest absolute Gasteiger partial charge is 0.459 e. The third kappa shape index (κ3) is 3.53. The van der Waals surface area contributed by atoms with E-state index in [4.69, 9.17) is 4.42 Å². The molecule has 5 heteroatoms. The van der Waals surface area contributed by atoms with Crippen LogP contribution in [-0.4, -0.2) is 23.9 Å². The van der Waals surface area contributed by atoms with E-state index in [1.165, 1.54) is 44.8 Å². The molecule has 4 aliphatic rings. The second kappa shape index (κ2) is 6.99. The quantitative estimate of drug-likeness (QED) is 0.799. The van der Waals surface area contributed by atoms with Crippen molar-refractivity contribution in [2.24, 2.45) is 29.1 Å². The van der Waals surface area contributed by atoms with E-state index in [-0.39, 0.29) is 34.9 Å². The number of carbonyl (C=O) groups is 2. The molecule has 5 nitrogen and oxygen atoms in total. The molecule has 2 atom stereocenters. The zero-order valence-electron chi connectivity index (χ0n) is 16.7. The lowest BCUT2D eigenvalue weighted by Crippen LogP contribution is -2.59. The highest BCUT2D eigenvalue weighted by Gasteiger charge is 2.53. The predicted molar refractivity (Wildman–Crippen MR) is 103 cm³/mol. The molecular weight excluding hydrogens is 340 g/mol. The van der Waals surface area contributed by atoms with Gasteiger partial charge in [-0.2, -0.15) is 0 Å².